The predicted molar refractivity (Wildman–Crippen MR) is 132 cm³/mol. The summed E-state index contributed by atoms with van der Waals surface area (Å²) in [6, 6.07) is 15.3. The number of hydrogen-bond donors (Lipinski definition) is 2. The van der Waals surface area contributed by atoms with Crippen LogP contribution in [0.4, 0.5) is 4.79 Å². The van der Waals surface area contributed by atoms with Crippen LogP contribution in [0.5, 0.6) is 5.75 Å². The number of carbonyl (C=O) groups excluding carboxylic acids is 3. The van der Waals surface area contributed by atoms with Crippen molar-refractivity contribution in [2.45, 2.75) is 56.5 Å². The third-order valence-electron chi connectivity index (χ3n) is 7.26. The molecule has 0 spiro atoms. The van der Waals surface area contributed by atoms with Gasteiger partial charge in [-0.3, -0.25) is 9.59 Å². The zero-order valence-electron chi connectivity index (χ0n) is 20.2. The van der Waals surface area contributed by atoms with Gasteiger partial charge in [-0.1, -0.05) is 48.5 Å². The van der Waals surface area contributed by atoms with Gasteiger partial charge in [-0.05, 0) is 30.9 Å². The molecule has 0 bridgehead atoms. The summed E-state index contributed by atoms with van der Waals surface area (Å²) < 4.78 is 11.2. The molecule has 4 atom stereocenters. The first-order valence-electron chi connectivity index (χ1n) is 12.6. The second kappa shape index (κ2) is 10.6. The Labute approximate surface area is 210 Å². The smallest absolute Gasteiger partial charge is 0.410 e. The largest absolute Gasteiger partial charge is 0.493 e. The topological polar surface area (TPSA) is 114 Å². The number of fused-ring (bicyclic) bond motifs is 2. The van der Waals surface area contributed by atoms with E-state index in [1.165, 1.54) is 4.90 Å². The highest BCUT2D eigenvalue weighted by Crippen LogP contribution is 2.33. The maximum atomic E-state index is 13.4. The van der Waals surface area contributed by atoms with Gasteiger partial charge in [-0.15, -0.1) is 0 Å². The number of benzene rings is 2. The van der Waals surface area contributed by atoms with E-state index in [0.29, 0.717) is 38.8 Å². The number of rotatable bonds is 4. The number of nitrogens with two attached hydrogens (primary N) is 1. The molecule has 3 N–H and O–H groups in total. The lowest BCUT2D eigenvalue weighted by molar-refractivity contribution is -0.143. The first-order chi connectivity index (χ1) is 17.5. The van der Waals surface area contributed by atoms with Gasteiger partial charge in [0.05, 0.1) is 12.6 Å². The van der Waals surface area contributed by atoms with E-state index in [1.807, 2.05) is 54.6 Å². The molecule has 0 aliphatic carbocycles. The molecule has 2 saturated heterocycles. The molecule has 36 heavy (non-hydrogen) atoms. The van der Waals surface area contributed by atoms with Gasteiger partial charge < -0.3 is 30.3 Å². The van der Waals surface area contributed by atoms with E-state index < -0.39 is 18.2 Å². The molecule has 9 heteroatoms. The Hall–Kier alpha value is -3.59. The number of hydrogen-bond acceptors (Lipinski definition) is 6. The summed E-state index contributed by atoms with van der Waals surface area (Å²) in [5.41, 5.74) is 8.10. The molecule has 0 saturated carbocycles. The highest BCUT2D eigenvalue weighted by atomic mass is 16.6. The lowest BCUT2D eigenvalue weighted by Crippen LogP contribution is -2.59. The molecule has 3 amide bonds. The SMILES string of the molecule is N[C@H]1CN(C(=O)OCc2ccccc2)CC[C@H]2CC[C@@H](C(=O)N[C@@H]3CCOc4ccccc43)N2C1=O. The first-order valence-corrected chi connectivity index (χ1v) is 12.6. The quantitative estimate of drug-likeness (QED) is 0.677. The van der Waals surface area contributed by atoms with Crippen LogP contribution in [0, 0.1) is 0 Å². The van der Waals surface area contributed by atoms with Gasteiger partial charge in [0, 0.05) is 31.1 Å². The minimum absolute atomic E-state index is 0.0529. The van der Waals surface area contributed by atoms with Gasteiger partial charge in [0.25, 0.3) is 0 Å². The van der Waals surface area contributed by atoms with E-state index in [9.17, 15) is 14.4 Å². The van der Waals surface area contributed by atoms with Gasteiger partial charge in [0.15, 0.2) is 0 Å². The van der Waals surface area contributed by atoms with Gasteiger partial charge in [-0.2, -0.15) is 0 Å². The zero-order valence-corrected chi connectivity index (χ0v) is 20.2. The fourth-order valence-electron chi connectivity index (χ4n) is 5.40. The highest BCUT2D eigenvalue weighted by molar-refractivity contribution is 5.91. The monoisotopic (exact) mass is 492 g/mol. The summed E-state index contributed by atoms with van der Waals surface area (Å²) in [7, 11) is 0. The minimum Gasteiger partial charge on any atom is -0.493 e. The van der Waals surface area contributed by atoms with Crippen molar-refractivity contribution < 1.29 is 23.9 Å². The summed E-state index contributed by atoms with van der Waals surface area (Å²) in [6.45, 7) is 1.15. The Bertz CT molecular complexity index is 1110. The third-order valence-corrected chi connectivity index (χ3v) is 7.26. The summed E-state index contributed by atoms with van der Waals surface area (Å²) in [5.74, 6) is 0.312. The number of nitrogens with zero attached hydrogens (tertiary/aromatic N) is 2. The lowest BCUT2D eigenvalue weighted by Gasteiger charge is -2.37. The van der Waals surface area contributed by atoms with Crippen molar-refractivity contribution in [1.82, 2.24) is 15.1 Å². The van der Waals surface area contributed by atoms with Crippen LogP contribution in [0.2, 0.25) is 0 Å². The van der Waals surface area contributed by atoms with Crippen LogP contribution in [0.1, 0.15) is 42.9 Å². The normalized spacial score (nSPS) is 25.6. The summed E-state index contributed by atoms with van der Waals surface area (Å²) in [4.78, 5) is 42.6. The fraction of sp³-hybridized carbons (Fsp3) is 0.444. The van der Waals surface area contributed by atoms with Crippen molar-refractivity contribution in [3.8, 4) is 5.75 Å². The Kier molecular flexibility index (Phi) is 7.09. The molecule has 2 aromatic rings. The number of carbonyl (C=O) groups is 3. The average Bonchev–Trinajstić information content (AvgIpc) is 3.33. The molecule has 3 aliphatic heterocycles. The average molecular weight is 493 g/mol. The van der Waals surface area contributed by atoms with E-state index in [0.717, 1.165) is 16.9 Å². The van der Waals surface area contributed by atoms with E-state index in [4.69, 9.17) is 15.2 Å². The first kappa shape index (κ1) is 24.1. The fourth-order valence-corrected chi connectivity index (χ4v) is 5.40. The molecule has 2 fully saturated rings. The van der Waals surface area contributed by atoms with Crippen molar-refractivity contribution in [1.29, 1.82) is 0 Å². The van der Waals surface area contributed by atoms with Gasteiger partial charge in [-0.25, -0.2) is 4.79 Å². The molecule has 0 unspecified atom stereocenters. The minimum atomic E-state index is -0.922. The molecule has 0 radical (unpaired) electrons. The van der Waals surface area contributed by atoms with Crippen molar-refractivity contribution >= 4 is 17.9 Å². The Morgan fingerprint density at radius 1 is 1.03 bits per heavy atom. The molecule has 9 nitrogen and oxygen atoms in total. The standard InChI is InChI=1S/C27H32N4O5/c28-21-16-30(27(34)36-17-18-6-2-1-3-7-18)14-12-19-10-11-23(31(19)26(21)33)25(32)29-22-13-15-35-24-9-5-4-8-20(22)24/h1-9,19,21-23H,10-17,28H2,(H,29,32)/t19-,21+,22-,23+/m1/s1. The van der Waals surface area contributed by atoms with E-state index in [1.54, 1.807) is 4.90 Å². The van der Waals surface area contributed by atoms with Crippen LogP contribution >= 0.6 is 0 Å². The Balaban J connectivity index is 1.22. The summed E-state index contributed by atoms with van der Waals surface area (Å²) >= 11 is 0. The van der Waals surface area contributed by atoms with Crippen LogP contribution < -0.4 is 15.8 Å². The molecule has 0 aromatic heterocycles. The van der Waals surface area contributed by atoms with Crippen LogP contribution in [-0.4, -0.2) is 65.5 Å². The van der Waals surface area contributed by atoms with Crippen molar-refractivity contribution in [2.75, 3.05) is 19.7 Å². The van der Waals surface area contributed by atoms with Crippen LogP contribution in [0.25, 0.3) is 0 Å². The second-order valence-electron chi connectivity index (χ2n) is 9.61. The summed E-state index contributed by atoms with van der Waals surface area (Å²) in [6.07, 6.45) is 2.02. The highest BCUT2D eigenvalue weighted by Gasteiger charge is 2.44. The molecular formula is C27H32N4O5. The lowest BCUT2D eigenvalue weighted by atomic mass is 10.00. The molecule has 3 aliphatic rings. The molecule has 2 aromatic carbocycles. The number of nitrogens with one attached hydrogen (secondary N) is 1. The molecule has 5 rings (SSSR count). The van der Waals surface area contributed by atoms with Gasteiger partial charge >= 0.3 is 6.09 Å². The maximum Gasteiger partial charge on any atom is 0.410 e. The van der Waals surface area contributed by atoms with Crippen molar-refractivity contribution in [3.63, 3.8) is 0 Å². The summed E-state index contributed by atoms with van der Waals surface area (Å²) in [5, 5.41) is 3.14. The van der Waals surface area contributed by atoms with Crippen LogP contribution in [-0.2, 0) is 20.9 Å². The second-order valence-corrected chi connectivity index (χ2v) is 9.61. The number of amides is 3. The van der Waals surface area contributed by atoms with Crippen molar-refractivity contribution in [3.05, 3.63) is 65.7 Å². The van der Waals surface area contributed by atoms with Crippen LogP contribution in [0.15, 0.2) is 54.6 Å². The Morgan fingerprint density at radius 2 is 1.81 bits per heavy atom. The third kappa shape index (κ3) is 5.02. The zero-order chi connectivity index (χ0) is 25.1. The molecular weight excluding hydrogens is 460 g/mol. The van der Waals surface area contributed by atoms with E-state index in [-0.39, 0.29) is 37.0 Å². The van der Waals surface area contributed by atoms with Crippen LogP contribution in [0.3, 0.4) is 0 Å². The van der Waals surface area contributed by atoms with E-state index >= 15 is 0 Å². The Morgan fingerprint density at radius 3 is 2.64 bits per heavy atom. The molecule has 190 valence electrons. The molecule has 3 heterocycles. The maximum absolute atomic E-state index is 13.4. The van der Waals surface area contributed by atoms with E-state index in [2.05, 4.69) is 5.32 Å². The van der Waals surface area contributed by atoms with Gasteiger partial charge in [0.1, 0.15) is 24.4 Å². The van der Waals surface area contributed by atoms with Crippen molar-refractivity contribution in [2.24, 2.45) is 5.73 Å². The number of para-hydroxylation sites is 1. The van der Waals surface area contributed by atoms with Gasteiger partial charge in [0.2, 0.25) is 11.8 Å². The number of ether oxygens (including phenoxy) is 2. The predicted octanol–water partition coefficient (Wildman–Crippen LogP) is 2.36.